The van der Waals surface area contributed by atoms with Crippen LogP contribution in [0.3, 0.4) is 0 Å². The minimum Gasteiger partial charge on any atom is -0.480 e. The largest absolute Gasteiger partial charge is 0.480 e. The summed E-state index contributed by atoms with van der Waals surface area (Å²) in [5.74, 6) is -1.08. The van der Waals surface area contributed by atoms with Crippen LogP contribution < -0.4 is 0 Å². The van der Waals surface area contributed by atoms with Gasteiger partial charge in [0.1, 0.15) is 6.04 Å². The number of carbonyl (C=O) groups is 1. The van der Waals surface area contributed by atoms with E-state index in [1.54, 1.807) is 19.1 Å². The second-order valence-electron chi connectivity index (χ2n) is 4.88. The average Bonchev–Trinajstić information content (AvgIpc) is 2.41. The first kappa shape index (κ1) is 15.5. The van der Waals surface area contributed by atoms with Crippen molar-refractivity contribution in [3.8, 4) is 0 Å². The van der Waals surface area contributed by atoms with Crippen LogP contribution in [0.15, 0.2) is 27.6 Å². The van der Waals surface area contributed by atoms with E-state index in [4.69, 9.17) is 0 Å². The first-order chi connectivity index (χ1) is 9.34. The van der Waals surface area contributed by atoms with Gasteiger partial charge in [0.15, 0.2) is 0 Å². The number of sulfonamides is 1. The van der Waals surface area contributed by atoms with Gasteiger partial charge in [-0.3, -0.25) is 4.79 Å². The number of halogens is 1. The third-order valence-corrected chi connectivity index (χ3v) is 6.02. The molecule has 0 saturated carbocycles. The van der Waals surface area contributed by atoms with Gasteiger partial charge in [-0.15, -0.1) is 0 Å². The van der Waals surface area contributed by atoms with Crippen LogP contribution in [0, 0.1) is 6.92 Å². The SMILES string of the molecule is Cc1ccc(Br)cc1S(=O)(=O)N1CCCCC1C(=O)O. The number of piperidine rings is 1. The Hall–Kier alpha value is -0.920. The summed E-state index contributed by atoms with van der Waals surface area (Å²) in [7, 11) is -3.79. The van der Waals surface area contributed by atoms with Crippen LogP contribution in [0.2, 0.25) is 0 Å². The molecule has 0 radical (unpaired) electrons. The first-order valence-electron chi connectivity index (χ1n) is 6.35. The first-order valence-corrected chi connectivity index (χ1v) is 8.58. The fourth-order valence-electron chi connectivity index (χ4n) is 2.42. The molecule has 1 fully saturated rings. The Kier molecular flexibility index (Phi) is 4.51. The van der Waals surface area contributed by atoms with Crippen LogP contribution in [0.4, 0.5) is 0 Å². The molecule has 1 atom stereocenters. The number of carboxylic acids is 1. The number of aliphatic carboxylic acids is 1. The maximum absolute atomic E-state index is 12.7. The van der Waals surface area contributed by atoms with Crippen molar-refractivity contribution in [2.75, 3.05) is 6.54 Å². The van der Waals surface area contributed by atoms with Crippen molar-refractivity contribution in [3.63, 3.8) is 0 Å². The van der Waals surface area contributed by atoms with Gasteiger partial charge < -0.3 is 5.11 Å². The zero-order valence-electron chi connectivity index (χ0n) is 11.0. The van der Waals surface area contributed by atoms with E-state index >= 15 is 0 Å². The Morgan fingerprint density at radius 3 is 2.75 bits per heavy atom. The fourth-order valence-corrected chi connectivity index (χ4v) is 4.83. The minimum absolute atomic E-state index is 0.167. The van der Waals surface area contributed by atoms with Gasteiger partial charge in [-0.1, -0.05) is 22.0 Å². The standard InChI is InChI=1S/C13H16BrNO4S/c1-9-5-6-10(14)8-12(9)20(18,19)15-7-3-2-4-11(15)13(16)17/h5-6,8,11H,2-4,7H2,1H3,(H,16,17). The molecule has 1 N–H and O–H groups in total. The Balaban J connectivity index is 2.47. The zero-order chi connectivity index (χ0) is 14.9. The Labute approximate surface area is 126 Å². The Morgan fingerprint density at radius 2 is 2.10 bits per heavy atom. The fraction of sp³-hybridized carbons (Fsp3) is 0.462. The predicted octanol–water partition coefficient (Wildman–Crippen LogP) is 2.39. The molecule has 1 aliphatic rings. The Bertz CT molecular complexity index is 629. The van der Waals surface area contributed by atoms with Gasteiger partial charge in [0.2, 0.25) is 10.0 Å². The summed E-state index contributed by atoms with van der Waals surface area (Å²) < 4.78 is 27.2. The highest BCUT2D eigenvalue weighted by atomic mass is 79.9. The van der Waals surface area contributed by atoms with Crippen molar-refractivity contribution in [2.45, 2.75) is 37.1 Å². The van der Waals surface area contributed by atoms with Gasteiger partial charge >= 0.3 is 5.97 Å². The Morgan fingerprint density at radius 1 is 1.40 bits per heavy atom. The monoisotopic (exact) mass is 361 g/mol. The number of nitrogens with zero attached hydrogens (tertiary/aromatic N) is 1. The molecule has 0 spiro atoms. The molecule has 0 bridgehead atoms. The summed E-state index contributed by atoms with van der Waals surface area (Å²) in [6, 6.07) is 4.03. The van der Waals surface area contributed by atoms with Crippen LogP contribution in [0.1, 0.15) is 24.8 Å². The van der Waals surface area contributed by atoms with Crippen molar-refractivity contribution < 1.29 is 18.3 Å². The highest BCUT2D eigenvalue weighted by molar-refractivity contribution is 9.10. The second-order valence-corrected chi connectivity index (χ2v) is 7.65. The molecule has 1 aliphatic heterocycles. The van der Waals surface area contributed by atoms with E-state index in [1.807, 2.05) is 0 Å². The molecule has 20 heavy (non-hydrogen) atoms. The van der Waals surface area contributed by atoms with Crippen LogP contribution in [-0.4, -0.2) is 36.4 Å². The summed E-state index contributed by atoms with van der Waals surface area (Å²) in [6.07, 6.45) is 1.79. The highest BCUT2D eigenvalue weighted by Crippen LogP contribution is 2.29. The summed E-state index contributed by atoms with van der Waals surface area (Å²) in [5.41, 5.74) is 0.614. The van der Waals surface area contributed by atoms with Crippen molar-refractivity contribution in [1.29, 1.82) is 0 Å². The van der Waals surface area contributed by atoms with Gasteiger partial charge in [-0.25, -0.2) is 8.42 Å². The molecule has 1 heterocycles. The number of rotatable bonds is 3. The number of hydrogen-bond donors (Lipinski definition) is 1. The quantitative estimate of drug-likeness (QED) is 0.896. The molecule has 110 valence electrons. The summed E-state index contributed by atoms with van der Waals surface area (Å²) in [4.78, 5) is 11.4. The molecule has 2 rings (SSSR count). The average molecular weight is 362 g/mol. The third-order valence-electron chi connectivity index (χ3n) is 3.48. The minimum atomic E-state index is -3.79. The lowest BCUT2D eigenvalue weighted by Crippen LogP contribution is -2.47. The number of aryl methyl sites for hydroxylation is 1. The molecule has 5 nitrogen and oxygen atoms in total. The molecular weight excluding hydrogens is 346 g/mol. The summed E-state index contributed by atoms with van der Waals surface area (Å²) >= 11 is 3.26. The maximum atomic E-state index is 12.7. The van der Waals surface area contributed by atoms with E-state index in [9.17, 15) is 18.3 Å². The van der Waals surface area contributed by atoms with Gasteiger partial charge in [0.05, 0.1) is 4.90 Å². The second kappa shape index (κ2) is 5.83. The van der Waals surface area contributed by atoms with Gasteiger partial charge in [-0.2, -0.15) is 4.31 Å². The van der Waals surface area contributed by atoms with Crippen molar-refractivity contribution in [1.82, 2.24) is 4.31 Å². The van der Waals surface area contributed by atoms with Gasteiger partial charge in [0.25, 0.3) is 0 Å². The van der Waals surface area contributed by atoms with Crippen LogP contribution >= 0.6 is 15.9 Å². The van der Waals surface area contributed by atoms with E-state index in [2.05, 4.69) is 15.9 Å². The van der Waals surface area contributed by atoms with Crippen molar-refractivity contribution >= 4 is 31.9 Å². The molecule has 0 amide bonds. The van der Waals surface area contributed by atoms with Crippen LogP contribution in [0.25, 0.3) is 0 Å². The van der Waals surface area contributed by atoms with E-state index in [1.165, 1.54) is 6.07 Å². The maximum Gasteiger partial charge on any atom is 0.322 e. The predicted molar refractivity (Wildman–Crippen MR) is 78.0 cm³/mol. The smallest absolute Gasteiger partial charge is 0.322 e. The summed E-state index contributed by atoms with van der Waals surface area (Å²) in [5, 5.41) is 9.23. The molecule has 1 unspecified atom stereocenters. The molecule has 7 heteroatoms. The molecule has 0 aromatic heterocycles. The summed E-state index contributed by atoms with van der Waals surface area (Å²) in [6.45, 7) is 1.96. The van der Waals surface area contributed by atoms with E-state index in [0.717, 1.165) is 10.7 Å². The number of hydrogen-bond acceptors (Lipinski definition) is 3. The normalized spacial score (nSPS) is 20.8. The molecular formula is C13H16BrNO4S. The molecule has 1 aromatic carbocycles. The molecule has 1 saturated heterocycles. The topological polar surface area (TPSA) is 74.7 Å². The third kappa shape index (κ3) is 2.89. The van der Waals surface area contributed by atoms with Gasteiger partial charge in [-0.05, 0) is 43.9 Å². The van der Waals surface area contributed by atoms with E-state index in [0.29, 0.717) is 22.9 Å². The van der Waals surface area contributed by atoms with Gasteiger partial charge in [0, 0.05) is 11.0 Å². The number of carboxylic acid groups (broad SMARTS) is 1. The van der Waals surface area contributed by atoms with Crippen molar-refractivity contribution in [3.05, 3.63) is 28.2 Å². The number of benzene rings is 1. The highest BCUT2D eigenvalue weighted by Gasteiger charge is 2.38. The van der Waals surface area contributed by atoms with Crippen LogP contribution in [0.5, 0.6) is 0 Å². The van der Waals surface area contributed by atoms with E-state index < -0.39 is 22.0 Å². The lowest BCUT2D eigenvalue weighted by atomic mass is 10.1. The zero-order valence-corrected chi connectivity index (χ0v) is 13.4. The van der Waals surface area contributed by atoms with E-state index in [-0.39, 0.29) is 11.4 Å². The lowest BCUT2D eigenvalue weighted by Gasteiger charge is -2.32. The lowest BCUT2D eigenvalue weighted by molar-refractivity contribution is -0.142. The van der Waals surface area contributed by atoms with Crippen molar-refractivity contribution in [2.24, 2.45) is 0 Å². The molecule has 1 aromatic rings. The molecule has 0 aliphatic carbocycles. The van der Waals surface area contributed by atoms with Crippen LogP contribution in [-0.2, 0) is 14.8 Å².